The Morgan fingerprint density at radius 2 is 1.64 bits per heavy atom. The van der Waals surface area contributed by atoms with Crippen LogP contribution in [0.4, 0.5) is 5.69 Å². The van der Waals surface area contributed by atoms with Crippen LogP contribution in [-0.2, 0) is 6.42 Å². The van der Waals surface area contributed by atoms with Crippen molar-refractivity contribution in [3.8, 4) is 5.75 Å². The molecule has 1 atom stereocenters. The average molecular weight is 392 g/mol. The summed E-state index contributed by atoms with van der Waals surface area (Å²) < 4.78 is 5.26. The summed E-state index contributed by atoms with van der Waals surface area (Å²) in [6.45, 7) is 2.20. The smallest absolute Gasteiger partial charge is 0.119 e. The minimum absolute atomic E-state index is 0.165. The third-order valence-corrected chi connectivity index (χ3v) is 5.01. The molecule has 3 heteroatoms. The monoisotopic (exact) mass is 391 g/mol. The lowest BCUT2D eigenvalue weighted by molar-refractivity contribution is 0.415. The van der Waals surface area contributed by atoms with E-state index in [1.165, 1.54) is 16.7 Å². The maximum absolute atomic E-state index is 6.09. The molecule has 0 aliphatic carbocycles. The summed E-state index contributed by atoms with van der Waals surface area (Å²) in [6.07, 6.45) is 4.18. The number of nitrogens with one attached hydrogen (secondary N) is 1. The van der Waals surface area contributed by atoms with Gasteiger partial charge in [0.05, 0.1) is 13.2 Å². The molecule has 0 spiro atoms. The number of hydrogen-bond donors (Lipinski definition) is 1. The molecule has 0 fully saturated rings. The van der Waals surface area contributed by atoms with Gasteiger partial charge < -0.3 is 10.1 Å². The highest BCUT2D eigenvalue weighted by molar-refractivity contribution is 6.30. The lowest BCUT2D eigenvalue weighted by Crippen LogP contribution is -2.11. The van der Waals surface area contributed by atoms with Gasteiger partial charge in [-0.05, 0) is 67.3 Å². The summed E-state index contributed by atoms with van der Waals surface area (Å²) in [7, 11) is 1.68. The van der Waals surface area contributed by atoms with Gasteiger partial charge in [-0.25, -0.2) is 0 Å². The predicted octanol–water partition coefficient (Wildman–Crippen LogP) is 7.08. The van der Waals surface area contributed by atoms with Crippen molar-refractivity contribution in [1.29, 1.82) is 0 Å². The molecule has 0 saturated carbocycles. The molecule has 3 rings (SSSR count). The molecule has 144 valence electrons. The lowest BCUT2D eigenvalue weighted by atomic mass is 9.98. The van der Waals surface area contributed by atoms with E-state index in [1.54, 1.807) is 7.11 Å². The Morgan fingerprint density at radius 1 is 0.964 bits per heavy atom. The van der Waals surface area contributed by atoms with Gasteiger partial charge in [0.1, 0.15) is 5.75 Å². The quantitative estimate of drug-likeness (QED) is 0.414. The number of methoxy groups -OCH3 is 1. The Labute approximate surface area is 172 Å². The Hall–Kier alpha value is -2.71. The van der Waals surface area contributed by atoms with Crippen molar-refractivity contribution in [2.24, 2.45) is 0 Å². The van der Waals surface area contributed by atoms with E-state index in [1.807, 2.05) is 36.4 Å². The Kier molecular flexibility index (Phi) is 7.16. The minimum Gasteiger partial charge on any atom is -0.497 e. The van der Waals surface area contributed by atoms with Gasteiger partial charge in [-0.2, -0.15) is 0 Å². The van der Waals surface area contributed by atoms with Crippen molar-refractivity contribution in [2.75, 3.05) is 12.4 Å². The third-order valence-electron chi connectivity index (χ3n) is 4.76. The van der Waals surface area contributed by atoms with Crippen LogP contribution in [0.1, 0.15) is 30.5 Å². The van der Waals surface area contributed by atoms with Crippen molar-refractivity contribution < 1.29 is 4.74 Å². The largest absolute Gasteiger partial charge is 0.497 e. The first-order valence-corrected chi connectivity index (χ1v) is 9.87. The molecule has 0 amide bonds. The molecule has 3 aromatic carbocycles. The zero-order valence-corrected chi connectivity index (χ0v) is 17.1. The molecule has 28 heavy (non-hydrogen) atoms. The Morgan fingerprint density at radius 3 is 2.29 bits per heavy atom. The highest BCUT2D eigenvalue weighted by Gasteiger charge is 2.12. The first-order valence-electron chi connectivity index (χ1n) is 9.49. The van der Waals surface area contributed by atoms with Crippen LogP contribution in [0.15, 0.2) is 90.5 Å². The van der Waals surface area contributed by atoms with Gasteiger partial charge in [0.2, 0.25) is 0 Å². The van der Waals surface area contributed by atoms with Gasteiger partial charge in [-0.15, -0.1) is 0 Å². The molecule has 1 unspecified atom stereocenters. The standard InChI is InChI=1S/C25H26ClNO/c1-19(8-9-20-6-4-3-5-7-20)18-25(21-10-12-22(26)13-11-21)27-23-14-16-24(28-2)17-15-23/h3-8,10-17,25,27H,9,18H2,1-2H3/b19-8+. The maximum atomic E-state index is 6.09. The number of halogens is 1. The molecule has 0 aliphatic heterocycles. The van der Waals surface area contributed by atoms with Crippen LogP contribution < -0.4 is 10.1 Å². The Balaban J connectivity index is 1.75. The van der Waals surface area contributed by atoms with E-state index >= 15 is 0 Å². The van der Waals surface area contributed by atoms with E-state index in [-0.39, 0.29) is 6.04 Å². The van der Waals surface area contributed by atoms with Crippen molar-refractivity contribution in [1.82, 2.24) is 0 Å². The fraction of sp³-hybridized carbons (Fsp3) is 0.200. The van der Waals surface area contributed by atoms with Crippen LogP contribution in [0.5, 0.6) is 5.75 Å². The van der Waals surface area contributed by atoms with E-state index in [9.17, 15) is 0 Å². The van der Waals surface area contributed by atoms with Crippen LogP contribution in [0.25, 0.3) is 0 Å². The second kappa shape index (κ2) is 10.0. The van der Waals surface area contributed by atoms with Crippen molar-refractivity contribution in [2.45, 2.75) is 25.8 Å². The van der Waals surface area contributed by atoms with E-state index < -0.39 is 0 Å². The first-order chi connectivity index (χ1) is 13.6. The number of ether oxygens (including phenoxy) is 1. The van der Waals surface area contributed by atoms with Crippen LogP contribution in [0, 0.1) is 0 Å². The van der Waals surface area contributed by atoms with E-state index in [0.717, 1.165) is 29.3 Å². The van der Waals surface area contributed by atoms with Gasteiger partial charge in [-0.1, -0.05) is 65.7 Å². The zero-order valence-electron chi connectivity index (χ0n) is 16.4. The van der Waals surface area contributed by atoms with Crippen LogP contribution >= 0.6 is 11.6 Å². The molecule has 0 heterocycles. The molecule has 2 nitrogen and oxygen atoms in total. The molecule has 0 aromatic heterocycles. The molecule has 0 bridgehead atoms. The normalized spacial score (nSPS) is 12.5. The van der Waals surface area contributed by atoms with E-state index in [0.29, 0.717) is 0 Å². The molecule has 1 N–H and O–H groups in total. The highest BCUT2D eigenvalue weighted by Crippen LogP contribution is 2.28. The number of hydrogen-bond acceptors (Lipinski definition) is 2. The SMILES string of the molecule is COc1ccc(NC(C/C(C)=C/Cc2ccccc2)c2ccc(Cl)cc2)cc1. The minimum atomic E-state index is 0.165. The van der Waals surface area contributed by atoms with Crippen molar-refractivity contribution >= 4 is 17.3 Å². The maximum Gasteiger partial charge on any atom is 0.119 e. The number of benzene rings is 3. The van der Waals surface area contributed by atoms with Gasteiger partial charge in [0.25, 0.3) is 0 Å². The molecular weight excluding hydrogens is 366 g/mol. The van der Waals surface area contributed by atoms with E-state index in [4.69, 9.17) is 16.3 Å². The average Bonchev–Trinajstić information content (AvgIpc) is 2.74. The van der Waals surface area contributed by atoms with Crippen LogP contribution in [0.3, 0.4) is 0 Å². The lowest BCUT2D eigenvalue weighted by Gasteiger charge is -2.21. The fourth-order valence-corrected chi connectivity index (χ4v) is 3.27. The van der Waals surface area contributed by atoms with Gasteiger partial charge in [0.15, 0.2) is 0 Å². The van der Waals surface area contributed by atoms with Gasteiger partial charge in [0, 0.05) is 10.7 Å². The van der Waals surface area contributed by atoms with Crippen LogP contribution in [-0.4, -0.2) is 7.11 Å². The molecule has 0 saturated heterocycles. The summed E-state index contributed by atoms with van der Waals surface area (Å²) in [5, 5.41) is 4.41. The summed E-state index contributed by atoms with van der Waals surface area (Å²) in [5.74, 6) is 0.854. The topological polar surface area (TPSA) is 21.3 Å². The third kappa shape index (κ3) is 5.90. The zero-order chi connectivity index (χ0) is 19.8. The highest BCUT2D eigenvalue weighted by atomic mass is 35.5. The van der Waals surface area contributed by atoms with Crippen molar-refractivity contribution in [3.05, 3.63) is 107 Å². The number of allylic oxidation sites excluding steroid dienone is 1. The van der Waals surface area contributed by atoms with Gasteiger partial charge in [-0.3, -0.25) is 0 Å². The summed E-state index contributed by atoms with van der Waals surface area (Å²) in [5.41, 5.74) is 4.96. The Bertz CT molecular complexity index is 886. The molecule has 0 radical (unpaired) electrons. The van der Waals surface area contributed by atoms with E-state index in [2.05, 4.69) is 60.8 Å². The number of anilines is 1. The van der Waals surface area contributed by atoms with Gasteiger partial charge >= 0.3 is 0 Å². The molecule has 3 aromatic rings. The second-order valence-electron chi connectivity index (χ2n) is 6.92. The second-order valence-corrected chi connectivity index (χ2v) is 7.36. The fourth-order valence-electron chi connectivity index (χ4n) is 3.15. The summed E-state index contributed by atoms with van der Waals surface area (Å²) in [6, 6.07) is 26.8. The van der Waals surface area contributed by atoms with Crippen LogP contribution in [0.2, 0.25) is 5.02 Å². The number of rotatable bonds is 8. The summed E-state index contributed by atoms with van der Waals surface area (Å²) >= 11 is 6.09. The summed E-state index contributed by atoms with van der Waals surface area (Å²) in [4.78, 5) is 0. The molecule has 0 aliphatic rings. The molecular formula is C25H26ClNO. The first kappa shape index (κ1) is 20.0. The predicted molar refractivity (Wildman–Crippen MR) is 119 cm³/mol. The van der Waals surface area contributed by atoms with Crippen molar-refractivity contribution in [3.63, 3.8) is 0 Å².